The molecule has 1 rings (SSSR count). The second-order valence-corrected chi connectivity index (χ2v) is 4.49. The van der Waals surface area contributed by atoms with Crippen molar-refractivity contribution < 1.29 is 14.3 Å². The second-order valence-electron chi connectivity index (χ2n) is 3.57. The zero-order valence-electron chi connectivity index (χ0n) is 9.90. The highest BCUT2D eigenvalue weighted by Gasteiger charge is 2.16. The predicted molar refractivity (Wildman–Crippen MR) is 69.0 cm³/mol. The molecule has 0 spiro atoms. The fourth-order valence-corrected chi connectivity index (χ4v) is 1.83. The molecule has 2 N–H and O–H groups in total. The lowest BCUT2D eigenvalue weighted by Crippen LogP contribution is -2.25. The normalized spacial score (nSPS) is 12.0. The molecule has 1 aromatic rings. The quantitative estimate of drug-likeness (QED) is 0.844. The van der Waals surface area contributed by atoms with Gasteiger partial charge in [0.2, 0.25) is 0 Å². The molecule has 0 aliphatic rings. The van der Waals surface area contributed by atoms with E-state index in [1.165, 1.54) is 7.11 Å². The number of esters is 1. The molecule has 94 valence electrons. The molecule has 4 nitrogen and oxygen atoms in total. The Kier molecular flexibility index (Phi) is 5.44. The number of carbonyl (C=O) groups is 1. The number of methoxy groups -OCH3 is 1. The Morgan fingerprint density at radius 2 is 2.24 bits per heavy atom. The van der Waals surface area contributed by atoms with Gasteiger partial charge in [0.15, 0.2) is 6.10 Å². The van der Waals surface area contributed by atoms with Gasteiger partial charge in [0.25, 0.3) is 0 Å². The number of carbonyl (C=O) groups excluding carboxylic acids is 1. The minimum absolute atomic E-state index is 0.397. The number of hydrogen-bond donors (Lipinski definition) is 1. The summed E-state index contributed by atoms with van der Waals surface area (Å²) in [5, 5.41) is 0. The lowest BCUT2D eigenvalue weighted by Gasteiger charge is -2.15. The van der Waals surface area contributed by atoms with E-state index in [4.69, 9.17) is 10.5 Å². The van der Waals surface area contributed by atoms with Crippen LogP contribution >= 0.6 is 15.9 Å². The molecule has 0 saturated heterocycles. The largest absolute Gasteiger partial charge is 0.479 e. The molecular weight excluding hydrogens is 286 g/mol. The summed E-state index contributed by atoms with van der Waals surface area (Å²) in [5.74, 6) is 0.267. The van der Waals surface area contributed by atoms with Gasteiger partial charge < -0.3 is 15.2 Å². The predicted octanol–water partition coefficient (Wildman–Crippen LogP) is 1.89. The van der Waals surface area contributed by atoms with Gasteiger partial charge >= 0.3 is 5.97 Å². The van der Waals surface area contributed by atoms with E-state index in [-0.39, 0.29) is 0 Å². The van der Waals surface area contributed by atoms with Gasteiger partial charge in [-0.25, -0.2) is 4.79 Å². The Bertz CT molecular complexity index is 395. The molecule has 0 aliphatic heterocycles. The van der Waals surface area contributed by atoms with Gasteiger partial charge in [0, 0.05) is 4.47 Å². The highest BCUT2D eigenvalue weighted by Crippen LogP contribution is 2.24. The third-order valence-corrected chi connectivity index (χ3v) is 2.77. The summed E-state index contributed by atoms with van der Waals surface area (Å²) in [6.45, 7) is 2.18. The third kappa shape index (κ3) is 4.02. The van der Waals surface area contributed by atoms with Crippen molar-refractivity contribution in [3.05, 3.63) is 28.2 Å². The molecular formula is C12H16BrNO3. The number of halogens is 1. The molecule has 0 amide bonds. The summed E-state index contributed by atoms with van der Waals surface area (Å²) >= 11 is 3.39. The average molecular weight is 302 g/mol. The Morgan fingerprint density at radius 1 is 1.53 bits per heavy atom. The van der Waals surface area contributed by atoms with Crippen LogP contribution in [0.1, 0.15) is 12.5 Å². The minimum atomic E-state index is -0.627. The molecule has 0 bridgehead atoms. The lowest BCUT2D eigenvalue weighted by molar-refractivity contribution is -0.147. The topological polar surface area (TPSA) is 61.5 Å². The highest BCUT2D eigenvalue weighted by molar-refractivity contribution is 9.10. The van der Waals surface area contributed by atoms with Crippen LogP contribution in [0, 0.1) is 0 Å². The van der Waals surface area contributed by atoms with Gasteiger partial charge in [-0.3, -0.25) is 0 Å². The molecule has 17 heavy (non-hydrogen) atoms. The van der Waals surface area contributed by atoms with E-state index >= 15 is 0 Å². The van der Waals surface area contributed by atoms with E-state index in [0.717, 1.165) is 10.0 Å². The zero-order valence-corrected chi connectivity index (χ0v) is 11.5. The van der Waals surface area contributed by atoms with Crippen molar-refractivity contribution in [2.75, 3.05) is 13.7 Å². The van der Waals surface area contributed by atoms with Crippen LogP contribution in [0.4, 0.5) is 0 Å². The van der Waals surface area contributed by atoms with Crippen LogP contribution in [0.25, 0.3) is 0 Å². The molecule has 0 radical (unpaired) electrons. The van der Waals surface area contributed by atoms with E-state index in [1.54, 1.807) is 6.92 Å². The summed E-state index contributed by atoms with van der Waals surface area (Å²) in [7, 11) is 1.34. The van der Waals surface area contributed by atoms with Gasteiger partial charge in [-0.05, 0) is 43.7 Å². The van der Waals surface area contributed by atoms with Gasteiger partial charge in [-0.15, -0.1) is 0 Å². The molecule has 1 atom stereocenters. The van der Waals surface area contributed by atoms with Gasteiger partial charge in [-0.2, -0.15) is 0 Å². The summed E-state index contributed by atoms with van der Waals surface area (Å²) in [4.78, 5) is 11.3. The smallest absolute Gasteiger partial charge is 0.346 e. The number of rotatable bonds is 5. The van der Waals surface area contributed by atoms with Crippen LogP contribution in [0.15, 0.2) is 22.7 Å². The Hall–Kier alpha value is -1.07. The van der Waals surface area contributed by atoms with E-state index in [1.807, 2.05) is 18.2 Å². The van der Waals surface area contributed by atoms with E-state index in [2.05, 4.69) is 20.7 Å². The highest BCUT2D eigenvalue weighted by atomic mass is 79.9. The third-order valence-electron chi connectivity index (χ3n) is 2.27. The lowest BCUT2D eigenvalue weighted by atomic mass is 10.1. The first-order chi connectivity index (χ1) is 8.08. The number of benzene rings is 1. The molecule has 1 aromatic carbocycles. The van der Waals surface area contributed by atoms with E-state index < -0.39 is 12.1 Å². The molecule has 0 heterocycles. The van der Waals surface area contributed by atoms with Crippen molar-refractivity contribution in [3.63, 3.8) is 0 Å². The minimum Gasteiger partial charge on any atom is -0.479 e. The maximum Gasteiger partial charge on any atom is 0.346 e. The average Bonchev–Trinajstić information content (AvgIpc) is 2.31. The number of nitrogens with two attached hydrogens (primary N) is 1. The number of hydrogen-bond acceptors (Lipinski definition) is 4. The van der Waals surface area contributed by atoms with Crippen LogP contribution in [0.3, 0.4) is 0 Å². The first kappa shape index (κ1) is 14.0. The summed E-state index contributed by atoms with van der Waals surface area (Å²) in [5.41, 5.74) is 6.50. The fourth-order valence-electron chi connectivity index (χ4n) is 1.42. The van der Waals surface area contributed by atoms with Crippen molar-refractivity contribution in [2.24, 2.45) is 5.73 Å². The molecule has 0 saturated carbocycles. The first-order valence-corrected chi connectivity index (χ1v) is 6.10. The molecule has 1 unspecified atom stereocenters. The Morgan fingerprint density at radius 3 is 2.82 bits per heavy atom. The molecule has 0 aliphatic carbocycles. The number of ether oxygens (including phenoxy) is 2. The maximum absolute atomic E-state index is 11.3. The second kappa shape index (κ2) is 6.61. The van der Waals surface area contributed by atoms with Crippen molar-refractivity contribution in [1.29, 1.82) is 0 Å². The molecule has 0 fully saturated rings. The molecule has 5 heteroatoms. The van der Waals surface area contributed by atoms with Crippen molar-refractivity contribution >= 4 is 21.9 Å². The van der Waals surface area contributed by atoms with Crippen LogP contribution in [0.2, 0.25) is 0 Å². The standard InChI is InChI=1S/C12H16BrNO3/c1-8(12(15)16-2)17-11-4-3-10(13)7-9(11)5-6-14/h3-4,7-8H,5-6,14H2,1-2H3. The van der Waals surface area contributed by atoms with Crippen molar-refractivity contribution in [3.8, 4) is 5.75 Å². The van der Waals surface area contributed by atoms with Crippen molar-refractivity contribution in [1.82, 2.24) is 0 Å². The Labute approximate surface area is 109 Å². The van der Waals surface area contributed by atoms with Crippen LogP contribution in [-0.4, -0.2) is 25.7 Å². The van der Waals surface area contributed by atoms with Gasteiger partial charge in [-0.1, -0.05) is 15.9 Å². The summed E-state index contributed by atoms with van der Waals surface area (Å²) < 4.78 is 11.1. The zero-order chi connectivity index (χ0) is 12.8. The maximum atomic E-state index is 11.3. The van der Waals surface area contributed by atoms with Gasteiger partial charge in [0.1, 0.15) is 5.75 Å². The van der Waals surface area contributed by atoms with Gasteiger partial charge in [0.05, 0.1) is 7.11 Å². The molecule has 0 aromatic heterocycles. The summed E-state index contributed by atoms with van der Waals surface area (Å²) in [6.07, 6.45) is 0.0700. The van der Waals surface area contributed by atoms with Crippen LogP contribution in [-0.2, 0) is 16.0 Å². The van der Waals surface area contributed by atoms with E-state index in [9.17, 15) is 4.79 Å². The van der Waals surface area contributed by atoms with Crippen LogP contribution < -0.4 is 10.5 Å². The first-order valence-electron chi connectivity index (χ1n) is 5.31. The Balaban J connectivity index is 2.85. The summed E-state index contributed by atoms with van der Waals surface area (Å²) in [6, 6.07) is 5.61. The van der Waals surface area contributed by atoms with Crippen LogP contribution in [0.5, 0.6) is 5.75 Å². The van der Waals surface area contributed by atoms with E-state index in [0.29, 0.717) is 18.7 Å². The SMILES string of the molecule is COC(=O)C(C)Oc1ccc(Br)cc1CCN. The monoisotopic (exact) mass is 301 g/mol. The fraction of sp³-hybridized carbons (Fsp3) is 0.417. The van der Waals surface area contributed by atoms with Crippen molar-refractivity contribution in [2.45, 2.75) is 19.4 Å².